The molecule has 0 amide bonds. The van der Waals surface area contributed by atoms with E-state index in [1.165, 1.54) is 30.4 Å². The number of sulfonamides is 1. The van der Waals surface area contributed by atoms with Crippen LogP contribution < -0.4 is 0 Å². The predicted molar refractivity (Wildman–Crippen MR) is 83.7 cm³/mol. The van der Waals surface area contributed by atoms with Gasteiger partial charge in [-0.05, 0) is 51.7 Å². The van der Waals surface area contributed by atoms with Crippen molar-refractivity contribution in [2.24, 2.45) is 0 Å². The zero-order valence-corrected chi connectivity index (χ0v) is 14.4. The van der Waals surface area contributed by atoms with E-state index < -0.39 is 15.8 Å². The van der Waals surface area contributed by atoms with E-state index in [1.54, 1.807) is 0 Å². The maximum atomic E-state index is 13.8. The lowest BCUT2D eigenvalue weighted by molar-refractivity contribution is 0.370. The summed E-state index contributed by atoms with van der Waals surface area (Å²) >= 11 is 5.69. The molecular weight excluding hydrogens is 315 g/mol. The Kier molecular flexibility index (Phi) is 6.59. The first-order valence-corrected chi connectivity index (χ1v) is 8.63. The summed E-state index contributed by atoms with van der Waals surface area (Å²) in [4.78, 5) is 1.98. The number of hydrogen-bond acceptors (Lipinski definition) is 3. The lowest BCUT2D eigenvalue weighted by Gasteiger charge is -2.20. The topological polar surface area (TPSA) is 40.6 Å². The van der Waals surface area contributed by atoms with Crippen molar-refractivity contribution in [1.82, 2.24) is 9.21 Å². The molecule has 1 rings (SSSR count). The third kappa shape index (κ3) is 4.64. The van der Waals surface area contributed by atoms with E-state index in [0.29, 0.717) is 18.5 Å². The number of nitrogens with zero attached hydrogens (tertiary/aromatic N) is 2. The van der Waals surface area contributed by atoms with E-state index in [9.17, 15) is 12.8 Å². The molecular formula is C14H22ClFN2O2S. The molecule has 0 bridgehead atoms. The number of alkyl halides is 1. The number of benzene rings is 1. The van der Waals surface area contributed by atoms with Crippen LogP contribution in [-0.2, 0) is 15.9 Å². The maximum Gasteiger partial charge on any atom is 0.243 e. The van der Waals surface area contributed by atoms with Gasteiger partial charge in [0.15, 0.2) is 0 Å². The van der Waals surface area contributed by atoms with E-state index in [4.69, 9.17) is 11.6 Å². The van der Waals surface area contributed by atoms with Crippen molar-refractivity contribution in [3.8, 4) is 0 Å². The van der Waals surface area contributed by atoms with Crippen molar-refractivity contribution in [3.63, 3.8) is 0 Å². The van der Waals surface area contributed by atoms with E-state index in [1.807, 2.05) is 19.0 Å². The quantitative estimate of drug-likeness (QED) is 0.718. The van der Waals surface area contributed by atoms with Gasteiger partial charge in [0.2, 0.25) is 10.0 Å². The Labute approximate surface area is 131 Å². The van der Waals surface area contributed by atoms with Crippen molar-refractivity contribution < 1.29 is 12.8 Å². The smallest absolute Gasteiger partial charge is 0.243 e. The molecule has 0 spiro atoms. The van der Waals surface area contributed by atoms with Gasteiger partial charge in [-0.1, -0.05) is 0 Å². The number of hydrogen-bond donors (Lipinski definition) is 0. The van der Waals surface area contributed by atoms with Gasteiger partial charge in [-0.15, -0.1) is 11.6 Å². The first-order valence-electron chi connectivity index (χ1n) is 6.66. The molecule has 0 atom stereocenters. The molecule has 0 aliphatic heterocycles. The fourth-order valence-corrected chi connectivity index (χ4v) is 3.59. The molecule has 120 valence electrons. The standard InChI is InChI=1S/C14H22ClFN2O2S/c1-11-13(16)8-12(10-15)9-14(11)21(19,20)18(4)7-5-6-17(2)3/h8-9H,5-7,10H2,1-4H3. The summed E-state index contributed by atoms with van der Waals surface area (Å²) in [7, 11) is 1.66. The average molecular weight is 337 g/mol. The third-order valence-electron chi connectivity index (χ3n) is 3.28. The van der Waals surface area contributed by atoms with Gasteiger partial charge in [-0.25, -0.2) is 17.1 Å². The van der Waals surface area contributed by atoms with Crippen LogP contribution in [0.1, 0.15) is 17.5 Å². The molecule has 0 aliphatic carbocycles. The maximum absolute atomic E-state index is 13.8. The van der Waals surface area contributed by atoms with Crippen LogP contribution >= 0.6 is 11.6 Å². The van der Waals surface area contributed by atoms with Crippen LogP contribution in [0, 0.1) is 12.7 Å². The van der Waals surface area contributed by atoms with Crippen molar-refractivity contribution in [1.29, 1.82) is 0 Å². The Morgan fingerprint density at radius 3 is 2.33 bits per heavy atom. The zero-order chi connectivity index (χ0) is 16.2. The van der Waals surface area contributed by atoms with Gasteiger partial charge < -0.3 is 4.90 Å². The second kappa shape index (κ2) is 7.54. The highest BCUT2D eigenvalue weighted by molar-refractivity contribution is 7.89. The van der Waals surface area contributed by atoms with E-state index >= 15 is 0 Å². The van der Waals surface area contributed by atoms with Gasteiger partial charge in [0.1, 0.15) is 5.82 Å². The van der Waals surface area contributed by atoms with Crippen LogP contribution in [0.5, 0.6) is 0 Å². The Bertz CT molecular complexity index is 591. The number of rotatable bonds is 7. The zero-order valence-electron chi connectivity index (χ0n) is 12.9. The summed E-state index contributed by atoms with van der Waals surface area (Å²) in [5, 5.41) is 0. The molecule has 0 aliphatic rings. The van der Waals surface area contributed by atoms with Crippen LogP contribution in [0.4, 0.5) is 4.39 Å². The summed E-state index contributed by atoms with van der Waals surface area (Å²) in [5.41, 5.74) is 0.586. The Hall–Kier alpha value is -0.690. The molecule has 0 saturated carbocycles. The van der Waals surface area contributed by atoms with Crippen molar-refractivity contribution in [2.45, 2.75) is 24.1 Å². The molecule has 1 aromatic rings. The minimum absolute atomic E-state index is 0.00879. The van der Waals surface area contributed by atoms with Crippen LogP contribution in [0.2, 0.25) is 0 Å². The first-order chi connectivity index (χ1) is 9.70. The van der Waals surface area contributed by atoms with Crippen molar-refractivity contribution in [3.05, 3.63) is 29.1 Å². The minimum atomic E-state index is -3.71. The van der Waals surface area contributed by atoms with Crippen LogP contribution in [-0.4, -0.2) is 51.9 Å². The van der Waals surface area contributed by atoms with Gasteiger partial charge in [-0.3, -0.25) is 0 Å². The normalized spacial score (nSPS) is 12.4. The summed E-state index contributed by atoms with van der Waals surface area (Å²) in [6, 6.07) is 2.72. The largest absolute Gasteiger partial charge is 0.309 e. The Balaban J connectivity index is 3.04. The lowest BCUT2D eigenvalue weighted by atomic mass is 10.1. The molecule has 4 nitrogen and oxygen atoms in total. The SMILES string of the molecule is Cc1c(F)cc(CCl)cc1S(=O)(=O)N(C)CCCN(C)C. The minimum Gasteiger partial charge on any atom is -0.309 e. The molecule has 7 heteroatoms. The summed E-state index contributed by atoms with van der Waals surface area (Å²) in [5.74, 6) is -0.474. The fourth-order valence-electron chi connectivity index (χ4n) is 1.95. The molecule has 0 saturated heterocycles. The van der Waals surface area contributed by atoms with E-state index in [-0.39, 0.29) is 16.3 Å². The van der Waals surface area contributed by atoms with Gasteiger partial charge in [0.25, 0.3) is 0 Å². The summed E-state index contributed by atoms with van der Waals surface area (Å²) < 4.78 is 40.2. The van der Waals surface area contributed by atoms with Gasteiger partial charge in [-0.2, -0.15) is 0 Å². The van der Waals surface area contributed by atoms with Gasteiger partial charge >= 0.3 is 0 Å². The van der Waals surface area contributed by atoms with Crippen LogP contribution in [0.25, 0.3) is 0 Å². The van der Waals surface area contributed by atoms with Crippen LogP contribution in [0.3, 0.4) is 0 Å². The molecule has 0 N–H and O–H groups in total. The van der Waals surface area contributed by atoms with E-state index in [0.717, 1.165) is 6.54 Å². The molecule has 0 radical (unpaired) electrons. The second-order valence-electron chi connectivity index (χ2n) is 5.32. The average Bonchev–Trinajstić information content (AvgIpc) is 2.40. The molecule has 0 aromatic heterocycles. The monoisotopic (exact) mass is 336 g/mol. The predicted octanol–water partition coefficient (Wildman–Crippen LogP) is 2.45. The second-order valence-corrected chi connectivity index (χ2v) is 7.60. The van der Waals surface area contributed by atoms with Crippen molar-refractivity contribution >= 4 is 21.6 Å². The van der Waals surface area contributed by atoms with E-state index in [2.05, 4.69) is 0 Å². The Morgan fingerprint density at radius 1 is 1.19 bits per heavy atom. The highest BCUT2D eigenvalue weighted by Crippen LogP contribution is 2.24. The molecule has 0 unspecified atom stereocenters. The van der Waals surface area contributed by atoms with Gasteiger partial charge in [0.05, 0.1) is 4.90 Å². The molecule has 0 fully saturated rings. The first kappa shape index (κ1) is 18.4. The van der Waals surface area contributed by atoms with Crippen LogP contribution in [0.15, 0.2) is 17.0 Å². The molecule has 0 heterocycles. The molecule has 1 aromatic carbocycles. The van der Waals surface area contributed by atoms with Gasteiger partial charge in [0, 0.05) is 25.0 Å². The Morgan fingerprint density at radius 2 is 1.81 bits per heavy atom. The van der Waals surface area contributed by atoms with Crippen molar-refractivity contribution in [2.75, 3.05) is 34.2 Å². The highest BCUT2D eigenvalue weighted by atomic mass is 35.5. The fraction of sp³-hybridized carbons (Fsp3) is 0.571. The molecule has 21 heavy (non-hydrogen) atoms. The third-order valence-corrected chi connectivity index (χ3v) is 5.57. The summed E-state index contributed by atoms with van der Waals surface area (Å²) in [6.07, 6.45) is 0.708. The summed E-state index contributed by atoms with van der Waals surface area (Å²) in [6.45, 7) is 2.63. The number of halogens is 2. The highest BCUT2D eigenvalue weighted by Gasteiger charge is 2.24. The lowest BCUT2D eigenvalue weighted by Crippen LogP contribution is -2.30.